The molecule has 0 bridgehead atoms. The first kappa shape index (κ1) is 20.2. The summed E-state index contributed by atoms with van der Waals surface area (Å²) in [5, 5.41) is 2.95. The summed E-state index contributed by atoms with van der Waals surface area (Å²) in [6.45, 7) is 2.48. The lowest BCUT2D eigenvalue weighted by Gasteiger charge is -2.42. The van der Waals surface area contributed by atoms with Crippen LogP contribution in [0, 0.1) is 5.41 Å². The topological polar surface area (TPSA) is 58.1 Å². The number of amides is 1. The molecule has 0 aliphatic carbocycles. The molecule has 5 heteroatoms. The van der Waals surface area contributed by atoms with Gasteiger partial charge in [0.1, 0.15) is 0 Å². The summed E-state index contributed by atoms with van der Waals surface area (Å²) in [4.78, 5) is 24.3. The lowest BCUT2D eigenvalue weighted by Crippen LogP contribution is -2.52. The van der Waals surface area contributed by atoms with Gasteiger partial charge in [-0.1, -0.05) is 36.4 Å². The molecular formula is C25H28N4O. The average Bonchev–Trinajstić information content (AvgIpc) is 2.80. The second kappa shape index (κ2) is 9.18. The molecule has 0 spiro atoms. The van der Waals surface area contributed by atoms with E-state index in [0.29, 0.717) is 6.42 Å². The third-order valence-corrected chi connectivity index (χ3v) is 6.00. The third-order valence-electron chi connectivity index (χ3n) is 6.00. The third kappa shape index (κ3) is 4.41. The minimum Gasteiger partial charge on any atom is -0.359 e. The monoisotopic (exact) mass is 400 g/mol. The number of benzene rings is 1. The summed E-state index contributed by atoms with van der Waals surface area (Å²) in [5.41, 5.74) is 4.01. The van der Waals surface area contributed by atoms with Crippen molar-refractivity contribution < 1.29 is 4.79 Å². The molecule has 1 amide bonds. The van der Waals surface area contributed by atoms with Gasteiger partial charge in [-0.25, -0.2) is 0 Å². The standard InChI is InChI=1S/C25H28N4O/c1-26-24(30)25(12-7-15-29(19-25)18-22-10-4-5-14-28-22)16-20-8-2-3-11-23(20)21-9-6-13-27-17-21/h2-6,8-11,13-14,17H,7,12,15-16,18-19H2,1H3,(H,26,30)/t25-/m1/s1. The van der Waals surface area contributed by atoms with E-state index in [1.54, 1.807) is 13.2 Å². The van der Waals surface area contributed by atoms with E-state index in [2.05, 4.69) is 44.5 Å². The van der Waals surface area contributed by atoms with Gasteiger partial charge in [-0.3, -0.25) is 19.7 Å². The molecular weight excluding hydrogens is 372 g/mol. The summed E-state index contributed by atoms with van der Waals surface area (Å²) in [6, 6.07) is 18.4. The Morgan fingerprint density at radius 1 is 1.10 bits per heavy atom. The normalized spacial score (nSPS) is 19.4. The minimum atomic E-state index is -0.458. The number of aromatic nitrogens is 2. The zero-order chi connectivity index (χ0) is 20.8. The quantitative estimate of drug-likeness (QED) is 0.685. The highest BCUT2D eigenvalue weighted by Crippen LogP contribution is 2.37. The van der Waals surface area contributed by atoms with Gasteiger partial charge in [-0.05, 0) is 55.1 Å². The Morgan fingerprint density at radius 3 is 2.73 bits per heavy atom. The van der Waals surface area contributed by atoms with Crippen molar-refractivity contribution in [2.75, 3.05) is 20.1 Å². The molecule has 30 heavy (non-hydrogen) atoms. The van der Waals surface area contributed by atoms with Crippen LogP contribution in [0.5, 0.6) is 0 Å². The highest BCUT2D eigenvalue weighted by atomic mass is 16.2. The highest BCUT2D eigenvalue weighted by molar-refractivity contribution is 5.83. The Kier molecular flexibility index (Phi) is 6.19. The number of likely N-dealkylation sites (tertiary alicyclic amines) is 1. The molecule has 1 N–H and O–H groups in total. The molecule has 3 heterocycles. The molecule has 2 aromatic heterocycles. The maximum absolute atomic E-state index is 13.2. The van der Waals surface area contributed by atoms with Crippen molar-refractivity contribution in [3.8, 4) is 11.1 Å². The van der Waals surface area contributed by atoms with Gasteiger partial charge in [0.05, 0.1) is 11.1 Å². The van der Waals surface area contributed by atoms with E-state index in [9.17, 15) is 4.79 Å². The van der Waals surface area contributed by atoms with Crippen LogP contribution in [0.25, 0.3) is 11.1 Å². The zero-order valence-corrected chi connectivity index (χ0v) is 17.4. The minimum absolute atomic E-state index is 0.120. The fourth-order valence-electron chi connectivity index (χ4n) is 4.60. The summed E-state index contributed by atoms with van der Waals surface area (Å²) in [6.07, 6.45) is 8.09. The molecule has 5 nitrogen and oxygen atoms in total. The van der Waals surface area contributed by atoms with Gasteiger partial charge in [0, 0.05) is 44.3 Å². The lowest BCUT2D eigenvalue weighted by atomic mass is 9.73. The molecule has 1 atom stereocenters. The number of nitrogens with one attached hydrogen (secondary N) is 1. The van der Waals surface area contributed by atoms with Crippen LogP contribution in [0.1, 0.15) is 24.1 Å². The van der Waals surface area contributed by atoms with Gasteiger partial charge in [0.25, 0.3) is 0 Å². The molecule has 154 valence electrons. The van der Waals surface area contributed by atoms with Crippen LogP contribution >= 0.6 is 0 Å². The predicted molar refractivity (Wildman–Crippen MR) is 119 cm³/mol. The number of hydrogen-bond acceptors (Lipinski definition) is 4. The molecule has 4 rings (SSSR count). The number of pyridine rings is 2. The lowest BCUT2D eigenvalue weighted by molar-refractivity contribution is -0.134. The first-order valence-corrected chi connectivity index (χ1v) is 10.5. The molecule has 0 radical (unpaired) electrons. The molecule has 1 aliphatic rings. The van der Waals surface area contributed by atoms with E-state index >= 15 is 0 Å². The van der Waals surface area contributed by atoms with Gasteiger partial charge in [0.15, 0.2) is 0 Å². The van der Waals surface area contributed by atoms with Gasteiger partial charge < -0.3 is 5.32 Å². The predicted octanol–water partition coefficient (Wildman–Crippen LogP) is 3.71. The highest BCUT2D eigenvalue weighted by Gasteiger charge is 2.42. The van der Waals surface area contributed by atoms with Crippen LogP contribution in [0.2, 0.25) is 0 Å². The number of piperidine rings is 1. The first-order chi connectivity index (χ1) is 14.7. The van der Waals surface area contributed by atoms with Gasteiger partial charge in [-0.15, -0.1) is 0 Å². The smallest absolute Gasteiger partial charge is 0.227 e. The number of carbonyl (C=O) groups excluding carboxylic acids is 1. The number of carbonyl (C=O) groups is 1. The average molecular weight is 401 g/mol. The van der Waals surface area contributed by atoms with Gasteiger partial charge >= 0.3 is 0 Å². The second-order valence-corrected chi connectivity index (χ2v) is 8.07. The molecule has 0 saturated carbocycles. The summed E-state index contributed by atoms with van der Waals surface area (Å²) in [5.74, 6) is 0.120. The van der Waals surface area contributed by atoms with E-state index in [4.69, 9.17) is 0 Å². The first-order valence-electron chi connectivity index (χ1n) is 10.5. The fourth-order valence-corrected chi connectivity index (χ4v) is 4.60. The Hall–Kier alpha value is -3.05. The van der Waals surface area contributed by atoms with E-state index < -0.39 is 5.41 Å². The van der Waals surface area contributed by atoms with Crippen LogP contribution in [0.3, 0.4) is 0 Å². The second-order valence-electron chi connectivity index (χ2n) is 8.07. The molecule has 1 saturated heterocycles. The van der Waals surface area contributed by atoms with Crippen molar-refractivity contribution in [1.29, 1.82) is 0 Å². The van der Waals surface area contributed by atoms with E-state index in [0.717, 1.165) is 49.3 Å². The van der Waals surface area contributed by atoms with Crippen molar-refractivity contribution in [1.82, 2.24) is 20.2 Å². The van der Waals surface area contributed by atoms with Gasteiger partial charge in [0.2, 0.25) is 5.91 Å². The van der Waals surface area contributed by atoms with Crippen LogP contribution in [-0.2, 0) is 17.8 Å². The van der Waals surface area contributed by atoms with E-state index in [-0.39, 0.29) is 5.91 Å². The Balaban J connectivity index is 1.63. The van der Waals surface area contributed by atoms with E-state index in [1.165, 1.54) is 5.56 Å². The van der Waals surface area contributed by atoms with Crippen molar-refractivity contribution in [3.63, 3.8) is 0 Å². The van der Waals surface area contributed by atoms with Crippen LogP contribution < -0.4 is 5.32 Å². The van der Waals surface area contributed by atoms with Crippen molar-refractivity contribution in [2.45, 2.75) is 25.8 Å². The molecule has 0 unspecified atom stereocenters. The van der Waals surface area contributed by atoms with Crippen molar-refractivity contribution in [3.05, 3.63) is 84.4 Å². The number of hydrogen-bond donors (Lipinski definition) is 1. The van der Waals surface area contributed by atoms with Crippen molar-refractivity contribution >= 4 is 5.91 Å². The van der Waals surface area contributed by atoms with Crippen molar-refractivity contribution in [2.24, 2.45) is 5.41 Å². The molecule has 3 aromatic rings. The molecule has 1 fully saturated rings. The SMILES string of the molecule is CNC(=O)[C@@]1(Cc2ccccc2-c2cccnc2)CCCN(Cc2ccccn2)C1. The fraction of sp³-hybridized carbons (Fsp3) is 0.320. The Bertz CT molecular complexity index is 977. The molecule has 1 aromatic carbocycles. The van der Waals surface area contributed by atoms with Crippen LogP contribution in [-0.4, -0.2) is 40.9 Å². The number of rotatable bonds is 6. The Labute approximate surface area is 178 Å². The maximum atomic E-state index is 13.2. The summed E-state index contributed by atoms with van der Waals surface area (Å²) >= 11 is 0. The van der Waals surface area contributed by atoms with E-state index in [1.807, 2.05) is 42.7 Å². The summed E-state index contributed by atoms with van der Waals surface area (Å²) in [7, 11) is 1.74. The zero-order valence-electron chi connectivity index (χ0n) is 17.4. The maximum Gasteiger partial charge on any atom is 0.227 e. The Morgan fingerprint density at radius 2 is 1.97 bits per heavy atom. The van der Waals surface area contributed by atoms with Crippen LogP contribution in [0.15, 0.2) is 73.2 Å². The number of nitrogens with zero attached hydrogens (tertiary/aromatic N) is 3. The molecule has 1 aliphatic heterocycles. The largest absolute Gasteiger partial charge is 0.359 e. The summed E-state index contributed by atoms with van der Waals surface area (Å²) < 4.78 is 0. The van der Waals surface area contributed by atoms with Crippen LogP contribution in [0.4, 0.5) is 0 Å². The van der Waals surface area contributed by atoms with Gasteiger partial charge in [-0.2, -0.15) is 0 Å².